The molecule has 1 aliphatic rings. The Kier molecular flexibility index (Phi) is 5.44. The third-order valence-corrected chi connectivity index (χ3v) is 4.34. The van der Waals surface area contributed by atoms with Crippen LogP contribution in [0.15, 0.2) is 0 Å². The Morgan fingerprint density at radius 3 is 2.59 bits per heavy atom. The zero-order valence-corrected chi connectivity index (χ0v) is 11.8. The van der Waals surface area contributed by atoms with Gasteiger partial charge in [-0.1, -0.05) is 20.8 Å². The lowest BCUT2D eigenvalue weighted by atomic mass is 9.89. The van der Waals surface area contributed by atoms with Crippen molar-refractivity contribution in [3.8, 4) is 0 Å². The molecule has 17 heavy (non-hydrogen) atoms. The maximum Gasteiger partial charge on any atom is 0.221 e. The number of carbonyl (C=O) groups is 1. The van der Waals surface area contributed by atoms with Gasteiger partial charge in [-0.15, -0.1) is 0 Å². The number of hydrogen-bond acceptors (Lipinski definition) is 2. The Bertz CT molecular complexity index is 249. The second kappa shape index (κ2) is 6.39. The Morgan fingerprint density at radius 1 is 1.41 bits per heavy atom. The summed E-state index contributed by atoms with van der Waals surface area (Å²) in [5.41, 5.74) is -0.0327. The van der Waals surface area contributed by atoms with Crippen molar-refractivity contribution in [2.24, 2.45) is 5.92 Å². The summed E-state index contributed by atoms with van der Waals surface area (Å²) in [6.45, 7) is 9.68. The summed E-state index contributed by atoms with van der Waals surface area (Å²) in [5, 5.41) is 6.64. The van der Waals surface area contributed by atoms with Crippen molar-refractivity contribution in [2.45, 2.75) is 71.4 Å². The van der Waals surface area contributed by atoms with Crippen molar-refractivity contribution >= 4 is 5.91 Å². The lowest BCUT2D eigenvalue weighted by molar-refractivity contribution is -0.123. The van der Waals surface area contributed by atoms with Gasteiger partial charge in [0, 0.05) is 18.0 Å². The van der Waals surface area contributed by atoms with Crippen LogP contribution in [0, 0.1) is 5.92 Å². The number of rotatable bonds is 5. The summed E-state index contributed by atoms with van der Waals surface area (Å²) in [6, 6.07) is 0.363. The molecule has 0 bridgehead atoms. The molecule has 0 spiro atoms. The van der Waals surface area contributed by atoms with Crippen LogP contribution in [-0.4, -0.2) is 24.0 Å². The minimum atomic E-state index is -0.0327. The third kappa shape index (κ3) is 4.30. The van der Waals surface area contributed by atoms with Crippen molar-refractivity contribution in [2.75, 3.05) is 6.54 Å². The van der Waals surface area contributed by atoms with E-state index in [-0.39, 0.29) is 11.4 Å². The van der Waals surface area contributed by atoms with Gasteiger partial charge in [-0.2, -0.15) is 0 Å². The molecule has 1 aliphatic heterocycles. The van der Waals surface area contributed by atoms with E-state index in [0.29, 0.717) is 18.4 Å². The summed E-state index contributed by atoms with van der Waals surface area (Å²) in [6.07, 6.45) is 5.08. The number of hydrogen-bond donors (Lipinski definition) is 2. The predicted molar refractivity (Wildman–Crippen MR) is 71.9 cm³/mol. The number of carbonyl (C=O) groups excluding carboxylic acids is 1. The molecule has 1 fully saturated rings. The molecule has 0 radical (unpaired) electrons. The lowest BCUT2D eigenvalue weighted by Gasteiger charge is -2.32. The highest BCUT2D eigenvalue weighted by Crippen LogP contribution is 2.19. The van der Waals surface area contributed by atoms with Crippen LogP contribution in [0.25, 0.3) is 0 Å². The molecule has 0 aromatic carbocycles. The molecule has 1 rings (SSSR count). The monoisotopic (exact) mass is 240 g/mol. The maximum atomic E-state index is 12.0. The number of piperidine rings is 1. The molecule has 1 saturated heterocycles. The molecular weight excluding hydrogens is 212 g/mol. The van der Waals surface area contributed by atoms with Crippen LogP contribution in [0.5, 0.6) is 0 Å². The van der Waals surface area contributed by atoms with Crippen LogP contribution in [-0.2, 0) is 4.79 Å². The fourth-order valence-corrected chi connectivity index (χ4v) is 2.40. The molecule has 2 unspecified atom stereocenters. The Labute approximate surface area is 106 Å². The van der Waals surface area contributed by atoms with Crippen LogP contribution < -0.4 is 10.6 Å². The Balaban J connectivity index is 2.43. The lowest BCUT2D eigenvalue weighted by Crippen LogP contribution is -2.49. The molecule has 0 saturated carbocycles. The van der Waals surface area contributed by atoms with E-state index < -0.39 is 0 Å². The van der Waals surface area contributed by atoms with Gasteiger partial charge in [0.15, 0.2) is 0 Å². The van der Waals surface area contributed by atoms with Gasteiger partial charge in [0.05, 0.1) is 0 Å². The second-order valence-electron chi connectivity index (χ2n) is 5.70. The molecule has 0 aromatic heterocycles. The average molecular weight is 240 g/mol. The van der Waals surface area contributed by atoms with Gasteiger partial charge in [-0.05, 0) is 45.1 Å². The zero-order valence-electron chi connectivity index (χ0n) is 11.8. The SMILES string of the molecule is CCC(C)(CC)NC(=O)CC1NCCCC1C. The highest BCUT2D eigenvalue weighted by atomic mass is 16.1. The van der Waals surface area contributed by atoms with Crippen molar-refractivity contribution in [3.63, 3.8) is 0 Å². The molecule has 0 aliphatic carbocycles. The maximum absolute atomic E-state index is 12.0. The van der Waals surface area contributed by atoms with E-state index >= 15 is 0 Å². The van der Waals surface area contributed by atoms with E-state index in [1.165, 1.54) is 12.8 Å². The molecule has 2 N–H and O–H groups in total. The average Bonchev–Trinajstić information content (AvgIpc) is 2.32. The van der Waals surface area contributed by atoms with Gasteiger partial charge in [0.2, 0.25) is 5.91 Å². The summed E-state index contributed by atoms with van der Waals surface area (Å²) in [5.74, 6) is 0.812. The molecule has 0 aromatic rings. The van der Waals surface area contributed by atoms with Crippen LogP contribution in [0.2, 0.25) is 0 Å². The first kappa shape index (κ1) is 14.5. The van der Waals surface area contributed by atoms with Crippen molar-refractivity contribution in [1.82, 2.24) is 10.6 Å². The third-order valence-electron chi connectivity index (χ3n) is 4.34. The van der Waals surface area contributed by atoms with Gasteiger partial charge in [-0.3, -0.25) is 4.79 Å². The van der Waals surface area contributed by atoms with Crippen molar-refractivity contribution in [1.29, 1.82) is 0 Å². The zero-order chi connectivity index (χ0) is 12.9. The van der Waals surface area contributed by atoms with E-state index in [2.05, 4.69) is 38.3 Å². The molecule has 1 amide bonds. The van der Waals surface area contributed by atoms with Crippen molar-refractivity contribution in [3.05, 3.63) is 0 Å². The van der Waals surface area contributed by atoms with E-state index in [0.717, 1.165) is 19.4 Å². The summed E-state index contributed by atoms with van der Waals surface area (Å²) in [7, 11) is 0. The van der Waals surface area contributed by atoms with Crippen LogP contribution in [0.4, 0.5) is 0 Å². The van der Waals surface area contributed by atoms with Gasteiger partial charge in [-0.25, -0.2) is 0 Å². The van der Waals surface area contributed by atoms with Gasteiger partial charge in [0.1, 0.15) is 0 Å². The fourth-order valence-electron chi connectivity index (χ4n) is 2.40. The quantitative estimate of drug-likeness (QED) is 0.775. The van der Waals surface area contributed by atoms with Gasteiger partial charge < -0.3 is 10.6 Å². The van der Waals surface area contributed by atoms with Crippen molar-refractivity contribution < 1.29 is 4.79 Å². The van der Waals surface area contributed by atoms with E-state index in [4.69, 9.17) is 0 Å². The van der Waals surface area contributed by atoms with E-state index in [9.17, 15) is 4.79 Å². The second-order valence-corrected chi connectivity index (χ2v) is 5.70. The highest BCUT2D eigenvalue weighted by Gasteiger charge is 2.26. The molecule has 2 atom stereocenters. The Morgan fingerprint density at radius 2 is 2.06 bits per heavy atom. The number of nitrogens with one attached hydrogen (secondary N) is 2. The van der Waals surface area contributed by atoms with Gasteiger partial charge in [0.25, 0.3) is 0 Å². The summed E-state index contributed by atoms with van der Waals surface area (Å²) >= 11 is 0. The molecule has 3 nitrogen and oxygen atoms in total. The smallest absolute Gasteiger partial charge is 0.221 e. The molecule has 1 heterocycles. The molecular formula is C14H28N2O. The topological polar surface area (TPSA) is 41.1 Å². The van der Waals surface area contributed by atoms with Crippen LogP contribution >= 0.6 is 0 Å². The normalized spacial score (nSPS) is 25.6. The standard InChI is InChI=1S/C14H28N2O/c1-5-14(4,6-2)16-13(17)10-12-11(3)8-7-9-15-12/h11-12,15H,5-10H2,1-4H3,(H,16,17). The fraction of sp³-hybridized carbons (Fsp3) is 0.929. The Hall–Kier alpha value is -0.570. The van der Waals surface area contributed by atoms with E-state index in [1.54, 1.807) is 0 Å². The minimum Gasteiger partial charge on any atom is -0.351 e. The molecule has 100 valence electrons. The minimum absolute atomic E-state index is 0.0327. The summed E-state index contributed by atoms with van der Waals surface area (Å²) in [4.78, 5) is 12.0. The van der Waals surface area contributed by atoms with Gasteiger partial charge >= 0.3 is 0 Å². The first-order valence-electron chi connectivity index (χ1n) is 7.05. The predicted octanol–water partition coefficient (Wildman–Crippen LogP) is 2.46. The highest BCUT2D eigenvalue weighted by molar-refractivity contribution is 5.77. The largest absolute Gasteiger partial charge is 0.351 e. The molecule has 3 heteroatoms. The van der Waals surface area contributed by atoms with E-state index in [1.807, 2.05) is 0 Å². The first-order valence-corrected chi connectivity index (χ1v) is 7.05. The van der Waals surface area contributed by atoms with Crippen LogP contribution in [0.1, 0.15) is 59.8 Å². The first-order chi connectivity index (χ1) is 8.00. The van der Waals surface area contributed by atoms with Crippen LogP contribution in [0.3, 0.4) is 0 Å². The number of amides is 1. The summed E-state index contributed by atoms with van der Waals surface area (Å²) < 4.78 is 0.